The zero-order valence-corrected chi connectivity index (χ0v) is 7.53. The smallest absolute Gasteiger partial charge is 0.105 e. The SMILES string of the molecule is C=Cc1cn(CCCCC)nn1. The first kappa shape index (κ1) is 8.97. The van der Waals surface area contributed by atoms with Crippen molar-refractivity contribution in [3.8, 4) is 0 Å². The lowest BCUT2D eigenvalue weighted by Gasteiger charge is -1.96. The monoisotopic (exact) mass is 165 g/mol. The first-order chi connectivity index (χ1) is 5.86. The predicted octanol–water partition coefficient (Wildman–Crippen LogP) is 2.11. The van der Waals surface area contributed by atoms with Crippen LogP contribution in [-0.2, 0) is 6.54 Å². The fourth-order valence-corrected chi connectivity index (χ4v) is 1.04. The Hall–Kier alpha value is -1.12. The molecule has 0 bridgehead atoms. The zero-order valence-electron chi connectivity index (χ0n) is 7.53. The second kappa shape index (κ2) is 4.70. The molecule has 3 heteroatoms. The molecule has 3 nitrogen and oxygen atoms in total. The minimum absolute atomic E-state index is 0.853. The molecular formula is C9H15N3. The van der Waals surface area contributed by atoms with Crippen LogP contribution in [0.4, 0.5) is 0 Å². The molecule has 0 saturated carbocycles. The van der Waals surface area contributed by atoms with Crippen LogP contribution in [0.3, 0.4) is 0 Å². The molecule has 0 aliphatic rings. The largest absolute Gasteiger partial charge is 0.252 e. The molecule has 0 radical (unpaired) electrons. The highest BCUT2D eigenvalue weighted by atomic mass is 15.4. The molecular weight excluding hydrogens is 150 g/mol. The lowest BCUT2D eigenvalue weighted by Crippen LogP contribution is -1.98. The lowest BCUT2D eigenvalue weighted by atomic mass is 10.2. The third kappa shape index (κ3) is 2.49. The number of nitrogens with zero attached hydrogens (tertiary/aromatic N) is 3. The van der Waals surface area contributed by atoms with Gasteiger partial charge < -0.3 is 0 Å². The normalized spacial score (nSPS) is 10.1. The van der Waals surface area contributed by atoms with Crippen LogP contribution < -0.4 is 0 Å². The third-order valence-electron chi connectivity index (χ3n) is 1.76. The summed E-state index contributed by atoms with van der Waals surface area (Å²) in [6.45, 7) is 6.78. The van der Waals surface area contributed by atoms with E-state index in [-0.39, 0.29) is 0 Å². The molecule has 0 aromatic carbocycles. The van der Waals surface area contributed by atoms with Gasteiger partial charge in [-0.1, -0.05) is 31.6 Å². The molecule has 1 aromatic rings. The summed E-state index contributed by atoms with van der Waals surface area (Å²) in [7, 11) is 0. The van der Waals surface area contributed by atoms with E-state index in [0.717, 1.165) is 12.2 Å². The molecule has 1 rings (SSSR count). The quantitative estimate of drug-likeness (QED) is 0.625. The van der Waals surface area contributed by atoms with Gasteiger partial charge >= 0.3 is 0 Å². The number of aromatic nitrogens is 3. The third-order valence-corrected chi connectivity index (χ3v) is 1.76. The highest BCUT2D eigenvalue weighted by molar-refractivity contribution is 5.38. The Bertz CT molecular complexity index is 240. The van der Waals surface area contributed by atoms with Crippen molar-refractivity contribution in [2.45, 2.75) is 32.7 Å². The van der Waals surface area contributed by atoms with Crippen molar-refractivity contribution in [3.63, 3.8) is 0 Å². The van der Waals surface area contributed by atoms with E-state index >= 15 is 0 Å². The summed E-state index contributed by atoms with van der Waals surface area (Å²) in [6.07, 6.45) is 7.30. The molecule has 0 N–H and O–H groups in total. The highest BCUT2D eigenvalue weighted by Crippen LogP contribution is 1.99. The molecule has 1 heterocycles. The molecule has 0 unspecified atom stereocenters. The molecule has 0 amide bonds. The minimum atomic E-state index is 0.853. The van der Waals surface area contributed by atoms with Crippen LogP contribution in [-0.4, -0.2) is 15.0 Å². The summed E-state index contributed by atoms with van der Waals surface area (Å²) in [5.41, 5.74) is 0.853. The molecule has 0 spiro atoms. The predicted molar refractivity (Wildman–Crippen MR) is 49.6 cm³/mol. The second-order valence-corrected chi connectivity index (χ2v) is 2.82. The van der Waals surface area contributed by atoms with Crippen molar-refractivity contribution in [2.75, 3.05) is 0 Å². The van der Waals surface area contributed by atoms with Crippen LogP contribution in [0.2, 0.25) is 0 Å². The summed E-state index contributed by atoms with van der Waals surface area (Å²) in [6, 6.07) is 0. The van der Waals surface area contributed by atoms with Gasteiger partial charge in [-0.05, 0) is 12.5 Å². The maximum Gasteiger partial charge on any atom is 0.105 e. The summed E-state index contributed by atoms with van der Waals surface area (Å²) in [5.74, 6) is 0. The summed E-state index contributed by atoms with van der Waals surface area (Å²) >= 11 is 0. The van der Waals surface area contributed by atoms with E-state index in [1.54, 1.807) is 6.08 Å². The van der Waals surface area contributed by atoms with Crippen LogP contribution >= 0.6 is 0 Å². The average Bonchev–Trinajstić information content (AvgIpc) is 2.53. The number of hydrogen-bond acceptors (Lipinski definition) is 2. The second-order valence-electron chi connectivity index (χ2n) is 2.82. The van der Waals surface area contributed by atoms with Crippen molar-refractivity contribution >= 4 is 6.08 Å². The Morgan fingerprint density at radius 3 is 3.00 bits per heavy atom. The van der Waals surface area contributed by atoms with E-state index in [1.165, 1.54) is 19.3 Å². The Labute approximate surface area is 73.1 Å². The molecule has 66 valence electrons. The maximum absolute atomic E-state index is 3.95. The van der Waals surface area contributed by atoms with Gasteiger partial charge in [-0.25, -0.2) is 0 Å². The van der Waals surface area contributed by atoms with E-state index < -0.39 is 0 Å². The fraction of sp³-hybridized carbons (Fsp3) is 0.556. The summed E-state index contributed by atoms with van der Waals surface area (Å²) < 4.78 is 1.87. The van der Waals surface area contributed by atoms with Crippen molar-refractivity contribution < 1.29 is 0 Å². The molecule has 0 saturated heterocycles. The van der Waals surface area contributed by atoms with Crippen molar-refractivity contribution in [2.24, 2.45) is 0 Å². The number of hydrogen-bond donors (Lipinski definition) is 0. The van der Waals surface area contributed by atoms with Crippen LogP contribution in [0.15, 0.2) is 12.8 Å². The first-order valence-electron chi connectivity index (χ1n) is 4.39. The molecule has 0 fully saturated rings. The molecule has 1 aromatic heterocycles. The van der Waals surface area contributed by atoms with E-state index in [2.05, 4.69) is 23.8 Å². The van der Waals surface area contributed by atoms with Crippen LogP contribution in [0, 0.1) is 0 Å². The summed E-state index contributed by atoms with van der Waals surface area (Å²) in [4.78, 5) is 0. The van der Waals surface area contributed by atoms with E-state index in [1.807, 2.05) is 10.9 Å². The lowest BCUT2D eigenvalue weighted by molar-refractivity contribution is 0.537. The van der Waals surface area contributed by atoms with Crippen LogP contribution in [0.25, 0.3) is 6.08 Å². The minimum Gasteiger partial charge on any atom is -0.252 e. The molecule has 0 aliphatic heterocycles. The van der Waals surface area contributed by atoms with Gasteiger partial charge in [0.05, 0.1) is 6.20 Å². The van der Waals surface area contributed by atoms with Crippen LogP contribution in [0.5, 0.6) is 0 Å². The zero-order chi connectivity index (χ0) is 8.81. The first-order valence-corrected chi connectivity index (χ1v) is 4.39. The number of unbranched alkanes of at least 4 members (excludes halogenated alkanes) is 2. The topological polar surface area (TPSA) is 30.7 Å². The van der Waals surface area contributed by atoms with Gasteiger partial charge in [0.25, 0.3) is 0 Å². The van der Waals surface area contributed by atoms with Gasteiger partial charge in [0.15, 0.2) is 0 Å². The molecule has 0 aliphatic carbocycles. The van der Waals surface area contributed by atoms with Gasteiger partial charge in [0.1, 0.15) is 5.69 Å². The Kier molecular flexibility index (Phi) is 3.51. The number of aryl methyl sites for hydroxylation is 1. The van der Waals surface area contributed by atoms with Gasteiger partial charge in [-0.15, -0.1) is 5.10 Å². The van der Waals surface area contributed by atoms with Crippen molar-refractivity contribution in [1.29, 1.82) is 0 Å². The molecule has 0 atom stereocenters. The maximum atomic E-state index is 3.95. The van der Waals surface area contributed by atoms with E-state index in [4.69, 9.17) is 0 Å². The van der Waals surface area contributed by atoms with E-state index in [0.29, 0.717) is 0 Å². The Balaban J connectivity index is 2.36. The van der Waals surface area contributed by atoms with Gasteiger partial charge in [0.2, 0.25) is 0 Å². The molecule has 12 heavy (non-hydrogen) atoms. The highest BCUT2D eigenvalue weighted by Gasteiger charge is 1.94. The fourth-order valence-electron chi connectivity index (χ4n) is 1.04. The van der Waals surface area contributed by atoms with Crippen molar-refractivity contribution in [3.05, 3.63) is 18.5 Å². The van der Waals surface area contributed by atoms with Crippen molar-refractivity contribution in [1.82, 2.24) is 15.0 Å². The number of rotatable bonds is 5. The van der Waals surface area contributed by atoms with Gasteiger partial charge in [-0.2, -0.15) is 0 Å². The Morgan fingerprint density at radius 1 is 1.58 bits per heavy atom. The standard InChI is InChI=1S/C9H15N3/c1-3-5-6-7-12-8-9(4-2)10-11-12/h4,8H,2-3,5-7H2,1H3. The van der Waals surface area contributed by atoms with Gasteiger partial charge in [0, 0.05) is 6.54 Å². The Morgan fingerprint density at radius 2 is 2.42 bits per heavy atom. The summed E-state index contributed by atoms with van der Waals surface area (Å²) in [5, 5.41) is 7.86. The van der Waals surface area contributed by atoms with Gasteiger partial charge in [-0.3, -0.25) is 4.68 Å². The average molecular weight is 165 g/mol. The van der Waals surface area contributed by atoms with Crippen LogP contribution in [0.1, 0.15) is 31.9 Å². The van der Waals surface area contributed by atoms with E-state index in [9.17, 15) is 0 Å².